The van der Waals surface area contributed by atoms with Gasteiger partial charge in [0.25, 0.3) is 5.95 Å². The maximum Gasteiger partial charge on any atom is 0.309 e. The van der Waals surface area contributed by atoms with Crippen LogP contribution in [0.25, 0.3) is 11.2 Å². The van der Waals surface area contributed by atoms with Crippen LogP contribution in [-0.2, 0) is 41.6 Å². The van der Waals surface area contributed by atoms with E-state index in [0.29, 0.717) is 0 Å². The highest BCUT2D eigenvalue weighted by Crippen LogP contribution is 2.59. The van der Waals surface area contributed by atoms with E-state index in [1.165, 1.54) is 22.5 Å². The van der Waals surface area contributed by atoms with E-state index in [1.807, 2.05) is 0 Å². The molecule has 0 spiro atoms. The Morgan fingerprint density at radius 2 is 1.73 bits per heavy atom. The van der Waals surface area contributed by atoms with Gasteiger partial charge in [0, 0.05) is 11.8 Å². The van der Waals surface area contributed by atoms with Crippen LogP contribution in [0.3, 0.4) is 0 Å². The molecule has 3 rings (SSSR count). The maximum absolute atomic E-state index is 12.1. The lowest BCUT2D eigenvalue weighted by Crippen LogP contribution is -2.46. The molecule has 0 saturated carbocycles. The van der Waals surface area contributed by atoms with Crippen molar-refractivity contribution in [2.75, 3.05) is 18.2 Å². The lowest BCUT2D eigenvalue weighted by atomic mass is 10.1. The van der Waals surface area contributed by atoms with Gasteiger partial charge in [-0.2, -0.15) is 0 Å². The quantitative estimate of drug-likeness (QED) is 0.109. The summed E-state index contributed by atoms with van der Waals surface area (Å²) in [4.78, 5) is 52.3. The summed E-state index contributed by atoms with van der Waals surface area (Å²) >= 11 is 4.37. The van der Waals surface area contributed by atoms with E-state index < -0.39 is 64.8 Å². The molecule has 0 amide bonds. The smallest absolute Gasteiger partial charge is 0.309 e. The molecule has 6 atom stereocenters. The van der Waals surface area contributed by atoms with Crippen LogP contribution in [0.1, 0.15) is 6.23 Å². The van der Waals surface area contributed by atoms with E-state index in [0.717, 1.165) is 0 Å². The average Bonchev–Trinajstić information content (AvgIpc) is 3.07. The number of aromatic nitrogens is 4. The van der Waals surface area contributed by atoms with Gasteiger partial charge in [-0.1, -0.05) is 24.4 Å². The van der Waals surface area contributed by atoms with Crippen molar-refractivity contribution in [3.8, 4) is 5.88 Å². The number of fused-ring (bicyclic) bond motifs is 1. The molecule has 1 saturated heterocycles. The van der Waals surface area contributed by atoms with Crippen LogP contribution >= 0.6 is 21.9 Å². The first-order valence-electron chi connectivity index (χ1n) is 8.70. The third kappa shape index (κ3) is 8.88. The number of hydrogen-bond acceptors (Lipinski definition) is 16. The van der Waals surface area contributed by atoms with E-state index in [2.05, 4.69) is 30.6 Å². The monoisotopic (exact) mass is 619 g/mol. The van der Waals surface area contributed by atoms with Crippen LogP contribution in [-0.4, -0.2) is 55.6 Å². The third-order valence-corrected chi connectivity index (χ3v) is 10.3. The molecule has 218 valence electrons. The predicted molar refractivity (Wildman–Crippen MR) is 124 cm³/mol. The Hall–Kier alpha value is -1.26. The fraction of sp³-hybridized carbons (Fsp3) is 0.583. The highest BCUT2D eigenvalue weighted by atomic mass is 32.5. The number of quaternary nitrogens is 4. The van der Waals surface area contributed by atoms with Crippen LogP contribution in [0.15, 0.2) is 6.33 Å². The van der Waals surface area contributed by atoms with E-state index in [-0.39, 0.29) is 41.7 Å². The van der Waals surface area contributed by atoms with E-state index >= 15 is 0 Å². The lowest BCUT2D eigenvalue weighted by Gasteiger charge is -2.40. The van der Waals surface area contributed by atoms with Gasteiger partial charge in [0.15, 0.2) is 11.8 Å². The number of hydrogen-bond donors (Lipinski definition) is 7. The van der Waals surface area contributed by atoms with Crippen molar-refractivity contribution in [2.45, 2.75) is 24.5 Å². The van der Waals surface area contributed by atoms with Crippen molar-refractivity contribution >= 4 is 50.8 Å². The first-order chi connectivity index (χ1) is 15.0. The predicted octanol–water partition coefficient (Wildman–Crippen LogP) is -3.92. The number of nitrogens with two attached hydrogens (primary N) is 1. The van der Waals surface area contributed by atoms with Gasteiger partial charge in [0.2, 0.25) is 6.23 Å². The molecular weight excluding hydrogens is 587 g/mol. The van der Waals surface area contributed by atoms with Gasteiger partial charge in [-0.25, -0.2) is 9.55 Å². The van der Waals surface area contributed by atoms with Crippen molar-refractivity contribution in [3.63, 3.8) is 0 Å². The van der Waals surface area contributed by atoms with Gasteiger partial charge in [-0.05, 0) is 0 Å². The summed E-state index contributed by atoms with van der Waals surface area (Å²) < 4.78 is 38.8. The molecular formula is C12H32N9O12P3S. The Morgan fingerprint density at radius 1 is 1.16 bits per heavy atom. The Bertz CT molecular complexity index is 1210. The van der Waals surface area contributed by atoms with Crippen molar-refractivity contribution in [3.05, 3.63) is 6.33 Å². The first kappa shape index (κ1) is 37.9. The summed E-state index contributed by atoms with van der Waals surface area (Å²) in [5, 5.41) is 32.7. The van der Waals surface area contributed by atoms with Gasteiger partial charge in [-0.3, -0.25) is 8.88 Å². The molecule has 2 aromatic heterocycles. The molecule has 37 heavy (non-hydrogen) atoms. The molecule has 0 bridgehead atoms. The highest BCUT2D eigenvalue weighted by molar-refractivity contribution is 8.08. The number of imidazole rings is 1. The molecule has 1 fully saturated rings. The second-order valence-electron chi connectivity index (χ2n) is 6.93. The van der Waals surface area contributed by atoms with E-state index in [1.54, 1.807) is 0 Å². The summed E-state index contributed by atoms with van der Waals surface area (Å²) in [5.74, 6) is -3.04. The topological polar surface area (TPSA) is 424 Å². The zero-order chi connectivity index (χ0) is 24.9. The molecule has 20 N–H and O–H groups in total. The summed E-state index contributed by atoms with van der Waals surface area (Å²) in [6.07, 6.45) is -4.80. The fourth-order valence-corrected chi connectivity index (χ4v) is 8.29. The van der Waals surface area contributed by atoms with Gasteiger partial charge >= 0.3 is 5.65 Å². The fourth-order valence-electron chi connectivity index (χ4n) is 3.09. The lowest BCUT2D eigenvalue weighted by molar-refractivity contribution is -0.745. The van der Waals surface area contributed by atoms with Crippen LogP contribution in [0.5, 0.6) is 5.88 Å². The van der Waals surface area contributed by atoms with Crippen LogP contribution in [0, 0.1) is 0 Å². The Balaban J connectivity index is 0. The molecule has 21 nitrogen and oxygen atoms in total. The van der Waals surface area contributed by atoms with Crippen molar-refractivity contribution in [1.29, 1.82) is 0 Å². The van der Waals surface area contributed by atoms with Crippen LogP contribution in [0.4, 0.5) is 5.95 Å². The standard InChI is InChI=1S/C12H20N5O12P3S.4H3N/c1-16-3-17(9-6(16)10(20)15-12(13)14-9)11-8(19)7(18)5(28-11)2-27-32(26,33)29-31(24,25)4-30(21,22)23;;;;/h3,5,7-8,11,18-19H,2,4H2,1H3,(H6-,13,14,15,20,21,22,23,24,25,26,33);4*1H3/t5-,7-,8-,11-,32?;;;;/m1..../s1. The number of aryl methyl sites for hydroxylation is 1. The molecule has 3 heterocycles. The second kappa shape index (κ2) is 13.2. The van der Waals surface area contributed by atoms with E-state index in [4.69, 9.17) is 10.5 Å². The Morgan fingerprint density at radius 3 is 2.27 bits per heavy atom. The number of aliphatic hydroxyl groups excluding tert-OH is 2. The summed E-state index contributed by atoms with van der Waals surface area (Å²) in [6, 6.07) is 0. The maximum atomic E-state index is 12.1. The number of nitrogens with zero attached hydrogens (tertiary/aromatic N) is 4. The zero-order valence-corrected chi connectivity index (χ0v) is 23.9. The normalized spacial score (nSPS) is 24.5. The van der Waals surface area contributed by atoms with Crippen molar-refractivity contribution < 1.29 is 62.2 Å². The Labute approximate surface area is 214 Å². The molecule has 1 aliphatic rings. The molecule has 0 aliphatic carbocycles. The van der Waals surface area contributed by atoms with Gasteiger partial charge in [-0.15, -0.1) is 0 Å². The number of anilines is 1. The zero-order valence-electron chi connectivity index (χ0n) is 20.4. The minimum Gasteiger partial charge on any atom is -0.856 e. The summed E-state index contributed by atoms with van der Waals surface area (Å²) in [7, 11) is -9.55. The van der Waals surface area contributed by atoms with Gasteiger partial charge < -0.3 is 83.6 Å². The second-order valence-corrected chi connectivity index (χ2v) is 13.6. The van der Waals surface area contributed by atoms with Gasteiger partial charge in [0.1, 0.15) is 32.6 Å². The van der Waals surface area contributed by atoms with Crippen molar-refractivity contribution in [2.24, 2.45) is 7.05 Å². The SMILES string of the molecule is Cn1c[n+]([C@@H]2O[C@H](COP([O-])(=S)OP(=O)([O-])CP(=O)([O-])[O-])[C@@H](O)[C@H]2O)c2nc(N)nc([O-])c21.[NH4+].[NH4+].[NH4+].[NH4+]. The van der Waals surface area contributed by atoms with E-state index in [9.17, 15) is 44.0 Å². The van der Waals surface area contributed by atoms with Crippen molar-refractivity contribution in [1.82, 2.24) is 39.1 Å². The third-order valence-electron chi connectivity index (χ3n) is 4.32. The molecule has 25 heteroatoms. The summed E-state index contributed by atoms with van der Waals surface area (Å²) in [5.41, 5.74) is 5.48. The molecule has 2 aromatic rings. The Kier molecular flexibility index (Phi) is 13.5. The van der Waals surface area contributed by atoms with Crippen LogP contribution in [0.2, 0.25) is 0 Å². The molecule has 0 aromatic carbocycles. The molecule has 0 radical (unpaired) electrons. The minimum absolute atomic E-state index is 0. The number of aliphatic hydroxyl groups is 2. The highest BCUT2D eigenvalue weighted by Gasteiger charge is 2.47. The number of rotatable bonds is 8. The first-order valence-corrected chi connectivity index (χ1v) is 14.7. The number of nitrogen functional groups attached to an aromatic ring is 1. The largest absolute Gasteiger partial charge is 0.856 e. The average molecular weight is 619 g/mol. The molecule has 2 unspecified atom stereocenters. The van der Waals surface area contributed by atoms with Gasteiger partial charge in [0.05, 0.1) is 13.7 Å². The number of ether oxygens (including phenoxy) is 1. The van der Waals surface area contributed by atoms with Crippen LogP contribution < -0.4 is 59.6 Å². The summed E-state index contributed by atoms with van der Waals surface area (Å²) in [6.45, 7) is -5.76. The molecule has 1 aliphatic heterocycles. The minimum atomic E-state index is -5.57.